The number of nitrogens with zero attached hydrogens (tertiary/aromatic N) is 1. The Balaban J connectivity index is 1.48. The van der Waals surface area contributed by atoms with Gasteiger partial charge in [-0.2, -0.15) is 0 Å². The first-order valence-corrected chi connectivity index (χ1v) is 9.24. The summed E-state index contributed by atoms with van der Waals surface area (Å²) in [6, 6.07) is 13.1. The molecule has 1 spiro atoms. The van der Waals surface area contributed by atoms with Crippen LogP contribution >= 0.6 is 0 Å². The first kappa shape index (κ1) is 18.2. The van der Waals surface area contributed by atoms with E-state index in [9.17, 15) is 18.8 Å². The van der Waals surface area contributed by atoms with E-state index in [0.29, 0.717) is 12.0 Å². The molecule has 4 rings (SSSR count). The zero-order valence-electron chi connectivity index (χ0n) is 15.2. The molecule has 1 aliphatic heterocycles. The number of carbonyl (C=O) groups excluding carboxylic acids is 3. The van der Waals surface area contributed by atoms with Crippen molar-refractivity contribution in [2.45, 2.75) is 31.3 Å². The number of amides is 4. The normalized spacial score (nSPS) is 20.8. The lowest BCUT2D eigenvalue weighted by Gasteiger charge is -2.33. The van der Waals surface area contributed by atoms with Gasteiger partial charge in [-0.3, -0.25) is 14.5 Å². The third kappa shape index (κ3) is 3.02. The van der Waals surface area contributed by atoms with Gasteiger partial charge < -0.3 is 10.6 Å². The molecule has 4 amide bonds. The van der Waals surface area contributed by atoms with Crippen LogP contribution < -0.4 is 10.6 Å². The van der Waals surface area contributed by atoms with Crippen LogP contribution in [-0.2, 0) is 28.1 Å². The summed E-state index contributed by atoms with van der Waals surface area (Å²) in [5, 5.41) is 5.38. The molecule has 1 aliphatic carbocycles. The minimum absolute atomic E-state index is 0.0108. The summed E-state index contributed by atoms with van der Waals surface area (Å²) in [5.74, 6) is -1.35. The zero-order valence-corrected chi connectivity index (χ0v) is 15.2. The molecule has 1 heterocycles. The maximum absolute atomic E-state index is 13.7. The number of carbonyl (C=O) groups is 3. The van der Waals surface area contributed by atoms with Gasteiger partial charge in [0.05, 0.1) is 0 Å². The number of rotatable bonds is 4. The Bertz CT molecular complexity index is 961. The average Bonchev–Trinajstić information content (AvgIpc) is 2.92. The van der Waals surface area contributed by atoms with E-state index in [-0.39, 0.29) is 6.54 Å². The van der Waals surface area contributed by atoms with Gasteiger partial charge in [-0.25, -0.2) is 9.18 Å². The SMILES string of the molecule is O=C(CN1C(=O)N[C@]2(CCCc3ccccc32)C1=O)NCc1ccccc1F. The highest BCUT2D eigenvalue weighted by molar-refractivity contribution is 6.09. The molecule has 2 aromatic rings. The van der Waals surface area contributed by atoms with Crippen molar-refractivity contribution in [1.29, 1.82) is 0 Å². The third-order valence-corrected chi connectivity index (χ3v) is 5.39. The van der Waals surface area contributed by atoms with Crippen molar-refractivity contribution in [2.75, 3.05) is 6.54 Å². The molecule has 1 saturated heterocycles. The van der Waals surface area contributed by atoms with Crippen LogP contribution in [0.3, 0.4) is 0 Å². The molecule has 2 N–H and O–H groups in total. The van der Waals surface area contributed by atoms with E-state index in [1.54, 1.807) is 18.2 Å². The van der Waals surface area contributed by atoms with E-state index in [4.69, 9.17) is 0 Å². The largest absolute Gasteiger partial charge is 0.350 e. The summed E-state index contributed by atoms with van der Waals surface area (Å²) in [4.78, 5) is 38.8. The van der Waals surface area contributed by atoms with Crippen LogP contribution in [0, 0.1) is 5.82 Å². The van der Waals surface area contributed by atoms with Crippen molar-refractivity contribution in [3.63, 3.8) is 0 Å². The van der Waals surface area contributed by atoms with Crippen LogP contribution in [0.5, 0.6) is 0 Å². The first-order valence-electron chi connectivity index (χ1n) is 9.24. The number of aryl methyl sites for hydroxylation is 1. The maximum atomic E-state index is 13.7. The van der Waals surface area contributed by atoms with E-state index in [1.165, 1.54) is 6.07 Å². The standard InChI is InChI=1S/C21H20FN3O3/c22-17-10-4-2-7-15(17)12-23-18(26)13-25-19(27)21(24-20(25)28)11-5-8-14-6-1-3-9-16(14)21/h1-4,6-7,9-10H,5,8,11-13H2,(H,23,26)(H,24,28)/t21-/m0/s1. The number of hydrogen-bond acceptors (Lipinski definition) is 3. The fraction of sp³-hybridized carbons (Fsp3) is 0.286. The summed E-state index contributed by atoms with van der Waals surface area (Å²) in [6.45, 7) is -0.411. The Morgan fingerprint density at radius 2 is 1.89 bits per heavy atom. The lowest BCUT2D eigenvalue weighted by atomic mass is 9.76. The number of urea groups is 1. The summed E-state index contributed by atoms with van der Waals surface area (Å²) in [7, 11) is 0. The van der Waals surface area contributed by atoms with Gasteiger partial charge in [0.2, 0.25) is 5.91 Å². The van der Waals surface area contributed by atoms with Crippen molar-refractivity contribution in [3.05, 3.63) is 71.0 Å². The molecule has 144 valence electrons. The lowest BCUT2D eigenvalue weighted by Crippen LogP contribution is -2.47. The summed E-state index contributed by atoms with van der Waals surface area (Å²) < 4.78 is 13.7. The Kier molecular flexibility index (Phi) is 4.58. The van der Waals surface area contributed by atoms with Crippen LogP contribution in [0.2, 0.25) is 0 Å². The van der Waals surface area contributed by atoms with Crippen LogP contribution in [0.4, 0.5) is 9.18 Å². The van der Waals surface area contributed by atoms with Crippen LogP contribution in [-0.4, -0.2) is 29.3 Å². The fourth-order valence-electron chi connectivity index (χ4n) is 3.99. The molecule has 7 heteroatoms. The van der Waals surface area contributed by atoms with Crippen molar-refractivity contribution in [2.24, 2.45) is 0 Å². The predicted octanol–water partition coefficient (Wildman–Crippen LogP) is 2.23. The highest BCUT2D eigenvalue weighted by atomic mass is 19.1. The molecule has 2 aliphatic rings. The van der Waals surface area contributed by atoms with E-state index < -0.39 is 35.7 Å². The molecule has 6 nitrogen and oxygen atoms in total. The summed E-state index contributed by atoms with van der Waals surface area (Å²) in [5.41, 5.74) is 1.07. The highest BCUT2D eigenvalue weighted by Crippen LogP contribution is 2.39. The third-order valence-electron chi connectivity index (χ3n) is 5.39. The Labute approximate surface area is 161 Å². The average molecular weight is 381 g/mol. The monoisotopic (exact) mass is 381 g/mol. The van der Waals surface area contributed by atoms with Gasteiger partial charge in [0.15, 0.2) is 0 Å². The second-order valence-corrected chi connectivity index (χ2v) is 7.11. The van der Waals surface area contributed by atoms with Gasteiger partial charge >= 0.3 is 6.03 Å². The van der Waals surface area contributed by atoms with Crippen LogP contribution in [0.1, 0.15) is 29.5 Å². The zero-order chi connectivity index (χ0) is 19.7. The van der Waals surface area contributed by atoms with Crippen molar-refractivity contribution in [1.82, 2.24) is 15.5 Å². The summed E-state index contributed by atoms with van der Waals surface area (Å²) >= 11 is 0. The van der Waals surface area contributed by atoms with Crippen molar-refractivity contribution < 1.29 is 18.8 Å². The molecular formula is C21H20FN3O3. The smallest absolute Gasteiger partial charge is 0.325 e. The maximum Gasteiger partial charge on any atom is 0.325 e. The molecule has 28 heavy (non-hydrogen) atoms. The van der Waals surface area contributed by atoms with E-state index >= 15 is 0 Å². The molecule has 1 atom stereocenters. The molecule has 2 aromatic carbocycles. The van der Waals surface area contributed by atoms with Gasteiger partial charge in [-0.15, -0.1) is 0 Å². The number of nitrogens with one attached hydrogen (secondary N) is 2. The predicted molar refractivity (Wildman–Crippen MR) is 99.5 cm³/mol. The van der Waals surface area contributed by atoms with Crippen molar-refractivity contribution >= 4 is 17.8 Å². The van der Waals surface area contributed by atoms with Crippen LogP contribution in [0.15, 0.2) is 48.5 Å². The molecular weight excluding hydrogens is 361 g/mol. The Hall–Kier alpha value is -3.22. The summed E-state index contributed by atoms with van der Waals surface area (Å²) in [6.07, 6.45) is 2.13. The van der Waals surface area contributed by atoms with Crippen LogP contribution in [0.25, 0.3) is 0 Å². The van der Waals surface area contributed by atoms with E-state index in [2.05, 4.69) is 10.6 Å². The number of hydrogen-bond donors (Lipinski definition) is 2. The number of fused-ring (bicyclic) bond motifs is 2. The van der Waals surface area contributed by atoms with Crippen molar-refractivity contribution in [3.8, 4) is 0 Å². The topological polar surface area (TPSA) is 78.5 Å². The number of halogens is 1. The minimum atomic E-state index is -1.10. The number of benzene rings is 2. The fourth-order valence-corrected chi connectivity index (χ4v) is 3.99. The lowest BCUT2D eigenvalue weighted by molar-refractivity contribution is -0.135. The molecule has 0 radical (unpaired) electrons. The second-order valence-electron chi connectivity index (χ2n) is 7.11. The van der Waals surface area contributed by atoms with Gasteiger partial charge in [0, 0.05) is 12.1 Å². The Morgan fingerprint density at radius 1 is 1.14 bits per heavy atom. The molecule has 0 saturated carbocycles. The van der Waals surface area contributed by atoms with Gasteiger partial charge in [-0.1, -0.05) is 42.5 Å². The second kappa shape index (κ2) is 7.07. The molecule has 0 unspecified atom stereocenters. The van der Waals surface area contributed by atoms with E-state index in [1.807, 2.05) is 24.3 Å². The minimum Gasteiger partial charge on any atom is -0.350 e. The quantitative estimate of drug-likeness (QED) is 0.798. The van der Waals surface area contributed by atoms with Gasteiger partial charge in [0.25, 0.3) is 5.91 Å². The van der Waals surface area contributed by atoms with Gasteiger partial charge in [-0.05, 0) is 36.5 Å². The molecule has 1 fully saturated rings. The molecule has 0 bridgehead atoms. The first-order chi connectivity index (χ1) is 13.5. The molecule has 0 aromatic heterocycles. The van der Waals surface area contributed by atoms with Gasteiger partial charge in [0.1, 0.15) is 17.9 Å². The number of imide groups is 1. The highest BCUT2D eigenvalue weighted by Gasteiger charge is 2.54. The van der Waals surface area contributed by atoms with E-state index in [0.717, 1.165) is 28.9 Å². The Morgan fingerprint density at radius 3 is 2.71 bits per heavy atom.